The van der Waals surface area contributed by atoms with Crippen molar-refractivity contribution in [1.29, 1.82) is 0 Å². The van der Waals surface area contributed by atoms with Gasteiger partial charge in [0.25, 0.3) is 0 Å². The summed E-state index contributed by atoms with van der Waals surface area (Å²) in [6, 6.07) is 8.24. The maximum atomic E-state index is 6.03. The molecule has 0 aliphatic carbocycles. The Kier molecular flexibility index (Phi) is 3.44. The van der Waals surface area contributed by atoms with E-state index in [-0.39, 0.29) is 0 Å². The Labute approximate surface area is 123 Å². The zero-order valence-electron chi connectivity index (χ0n) is 12.1. The largest absolute Gasteiger partial charge is 0.501 e. The minimum atomic E-state index is 0.462. The van der Waals surface area contributed by atoms with E-state index in [0.717, 1.165) is 32.9 Å². The predicted octanol–water partition coefficient (Wildman–Crippen LogP) is 3.68. The summed E-state index contributed by atoms with van der Waals surface area (Å²) >= 11 is 0. The summed E-state index contributed by atoms with van der Waals surface area (Å²) in [4.78, 5) is 8.88. The van der Waals surface area contributed by atoms with Crippen molar-refractivity contribution >= 4 is 33.7 Å². The van der Waals surface area contributed by atoms with Gasteiger partial charge in [-0.15, -0.1) is 0 Å². The normalized spacial score (nSPS) is 11.5. The standard InChI is InChI=1S/C17H17N3O/c1-3-21-7-6-12-9-14-13-5-4-11(2)8-15(13)20-17(18)16(14)19-10-12/h4-10H,3H2,1-2H3,(H2,18,20)/b7-6-. The number of benzene rings is 1. The van der Waals surface area contributed by atoms with Crippen molar-refractivity contribution in [2.24, 2.45) is 0 Å². The highest BCUT2D eigenvalue weighted by Gasteiger charge is 2.08. The molecule has 0 bridgehead atoms. The van der Waals surface area contributed by atoms with Crippen molar-refractivity contribution in [2.45, 2.75) is 13.8 Å². The van der Waals surface area contributed by atoms with Gasteiger partial charge < -0.3 is 10.5 Å². The van der Waals surface area contributed by atoms with Gasteiger partial charge in [-0.1, -0.05) is 12.1 Å². The third-order valence-electron chi connectivity index (χ3n) is 3.36. The number of hydrogen-bond acceptors (Lipinski definition) is 4. The van der Waals surface area contributed by atoms with E-state index < -0.39 is 0 Å². The van der Waals surface area contributed by atoms with Crippen LogP contribution in [-0.4, -0.2) is 16.6 Å². The molecule has 21 heavy (non-hydrogen) atoms. The van der Waals surface area contributed by atoms with Crippen LogP contribution in [0.1, 0.15) is 18.1 Å². The molecule has 2 aromatic heterocycles. The molecule has 2 N–H and O–H groups in total. The molecule has 3 rings (SSSR count). The number of fused-ring (bicyclic) bond motifs is 3. The fourth-order valence-electron chi connectivity index (χ4n) is 2.35. The predicted molar refractivity (Wildman–Crippen MR) is 86.9 cm³/mol. The lowest BCUT2D eigenvalue weighted by Crippen LogP contribution is -1.96. The third kappa shape index (κ3) is 2.52. The number of pyridine rings is 2. The SMILES string of the molecule is CCO/C=C\c1cnc2c(N)nc3cc(C)ccc3c2c1. The average Bonchev–Trinajstić information content (AvgIpc) is 2.47. The molecule has 0 radical (unpaired) electrons. The van der Waals surface area contributed by atoms with Crippen molar-refractivity contribution < 1.29 is 4.74 Å². The summed E-state index contributed by atoms with van der Waals surface area (Å²) in [6.45, 7) is 4.64. The summed E-state index contributed by atoms with van der Waals surface area (Å²) in [7, 11) is 0. The van der Waals surface area contributed by atoms with E-state index in [4.69, 9.17) is 10.5 Å². The third-order valence-corrected chi connectivity index (χ3v) is 3.36. The van der Waals surface area contributed by atoms with Crippen LogP contribution < -0.4 is 5.73 Å². The fourth-order valence-corrected chi connectivity index (χ4v) is 2.35. The number of aryl methyl sites for hydroxylation is 1. The second-order valence-electron chi connectivity index (χ2n) is 4.94. The van der Waals surface area contributed by atoms with Crippen LogP contribution in [0.5, 0.6) is 0 Å². The van der Waals surface area contributed by atoms with E-state index in [1.807, 2.05) is 26.0 Å². The lowest BCUT2D eigenvalue weighted by Gasteiger charge is -2.07. The molecule has 0 atom stereocenters. The Morgan fingerprint density at radius 3 is 2.90 bits per heavy atom. The Morgan fingerprint density at radius 1 is 1.24 bits per heavy atom. The van der Waals surface area contributed by atoms with E-state index in [1.165, 1.54) is 0 Å². The fraction of sp³-hybridized carbons (Fsp3) is 0.176. The second-order valence-corrected chi connectivity index (χ2v) is 4.94. The molecular weight excluding hydrogens is 262 g/mol. The van der Waals surface area contributed by atoms with E-state index in [1.54, 1.807) is 12.5 Å². The number of rotatable bonds is 3. The monoisotopic (exact) mass is 279 g/mol. The minimum Gasteiger partial charge on any atom is -0.501 e. The first-order valence-corrected chi connectivity index (χ1v) is 6.93. The lowest BCUT2D eigenvalue weighted by atomic mass is 10.1. The van der Waals surface area contributed by atoms with Crippen LogP contribution in [-0.2, 0) is 4.74 Å². The Morgan fingerprint density at radius 2 is 2.10 bits per heavy atom. The van der Waals surface area contributed by atoms with Gasteiger partial charge in [-0.05, 0) is 43.2 Å². The zero-order valence-corrected chi connectivity index (χ0v) is 12.1. The quantitative estimate of drug-likeness (QED) is 0.587. The number of anilines is 1. The molecule has 0 fully saturated rings. The minimum absolute atomic E-state index is 0.462. The molecule has 4 heteroatoms. The topological polar surface area (TPSA) is 61.0 Å². The van der Waals surface area contributed by atoms with Crippen molar-refractivity contribution in [3.8, 4) is 0 Å². The molecule has 3 aromatic rings. The van der Waals surface area contributed by atoms with Crippen molar-refractivity contribution in [3.63, 3.8) is 0 Å². The molecule has 0 spiro atoms. The maximum absolute atomic E-state index is 6.03. The molecule has 2 heterocycles. The van der Waals surface area contributed by atoms with Crippen LogP contribution in [0.25, 0.3) is 27.9 Å². The highest BCUT2D eigenvalue weighted by Crippen LogP contribution is 2.27. The van der Waals surface area contributed by atoms with Gasteiger partial charge in [0.15, 0.2) is 5.82 Å². The average molecular weight is 279 g/mol. The van der Waals surface area contributed by atoms with Crippen molar-refractivity contribution in [3.05, 3.63) is 47.9 Å². The van der Waals surface area contributed by atoms with Gasteiger partial charge in [0.05, 0.1) is 18.4 Å². The number of nitrogens with zero attached hydrogens (tertiary/aromatic N) is 2. The first-order chi connectivity index (χ1) is 10.2. The van der Waals surface area contributed by atoms with Crippen LogP contribution in [0, 0.1) is 6.92 Å². The lowest BCUT2D eigenvalue weighted by molar-refractivity contribution is 0.272. The van der Waals surface area contributed by atoms with Gasteiger partial charge in [-0.2, -0.15) is 0 Å². The van der Waals surface area contributed by atoms with Crippen LogP contribution in [0.4, 0.5) is 5.82 Å². The number of ether oxygens (including phenoxy) is 1. The number of hydrogen-bond donors (Lipinski definition) is 1. The molecule has 0 amide bonds. The van der Waals surface area contributed by atoms with Crippen molar-refractivity contribution in [1.82, 2.24) is 9.97 Å². The maximum Gasteiger partial charge on any atom is 0.150 e. The summed E-state index contributed by atoms with van der Waals surface area (Å²) in [5, 5.41) is 2.07. The number of nitrogens with two attached hydrogens (primary N) is 1. The Balaban J connectivity index is 2.24. The highest BCUT2D eigenvalue weighted by molar-refractivity contribution is 6.08. The molecular formula is C17H17N3O. The van der Waals surface area contributed by atoms with E-state index in [2.05, 4.69) is 28.2 Å². The molecule has 0 aliphatic rings. The van der Waals surface area contributed by atoms with Gasteiger partial charge in [0.1, 0.15) is 5.52 Å². The first-order valence-electron chi connectivity index (χ1n) is 6.93. The van der Waals surface area contributed by atoms with Gasteiger partial charge in [-0.3, -0.25) is 4.98 Å². The second kappa shape index (κ2) is 5.40. The molecule has 0 aliphatic heterocycles. The summed E-state index contributed by atoms with van der Waals surface area (Å²) in [5.41, 5.74) is 9.80. The van der Waals surface area contributed by atoms with Crippen LogP contribution in [0.15, 0.2) is 36.7 Å². The van der Waals surface area contributed by atoms with Crippen LogP contribution in [0.2, 0.25) is 0 Å². The summed E-state index contributed by atoms with van der Waals surface area (Å²) in [5.74, 6) is 0.462. The van der Waals surface area contributed by atoms with E-state index in [0.29, 0.717) is 12.4 Å². The van der Waals surface area contributed by atoms with Crippen molar-refractivity contribution in [2.75, 3.05) is 12.3 Å². The molecule has 0 saturated heterocycles. The summed E-state index contributed by atoms with van der Waals surface area (Å²) < 4.78 is 5.23. The van der Waals surface area contributed by atoms with E-state index >= 15 is 0 Å². The zero-order chi connectivity index (χ0) is 14.8. The van der Waals surface area contributed by atoms with Crippen LogP contribution in [0.3, 0.4) is 0 Å². The van der Waals surface area contributed by atoms with E-state index in [9.17, 15) is 0 Å². The van der Waals surface area contributed by atoms with Gasteiger partial charge in [0, 0.05) is 17.0 Å². The smallest absolute Gasteiger partial charge is 0.150 e. The van der Waals surface area contributed by atoms with Gasteiger partial charge in [-0.25, -0.2) is 4.98 Å². The molecule has 4 nitrogen and oxygen atoms in total. The highest BCUT2D eigenvalue weighted by atomic mass is 16.5. The van der Waals surface area contributed by atoms with Gasteiger partial charge >= 0.3 is 0 Å². The Bertz CT molecular complexity index is 840. The first kappa shape index (κ1) is 13.4. The molecule has 106 valence electrons. The molecule has 0 unspecified atom stereocenters. The molecule has 0 saturated carbocycles. The molecule has 1 aromatic carbocycles. The van der Waals surface area contributed by atoms with Gasteiger partial charge in [0.2, 0.25) is 0 Å². The number of nitrogen functional groups attached to an aromatic ring is 1. The number of aromatic nitrogens is 2. The van der Waals surface area contributed by atoms with Crippen LogP contribution >= 0.6 is 0 Å². The Hall–Kier alpha value is -2.62. The summed E-state index contributed by atoms with van der Waals surface area (Å²) in [6.07, 6.45) is 5.35.